The van der Waals surface area contributed by atoms with Crippen molar-refractivity contribution in [1.82, 2.24) is 10.2 Å². The molecule has 2 aromatic rings. The first-order valence-corrected chi connectivity index (χ1v) is 13.1. The van der Waals surface area contributed by atoms with Crippen LogP contribution in [0.5, 0.6) is 0 Å². The van der Waals surface area contributed by atoms with Gasteiger partial charge in [-0.05, 0) is 36.0 Å². The number of benzene rings is 2. The standard InChI is InChI=1S/C27H33N3O5.C2HF3O2/c1-3-14-30(15-13-19-9-11-21(12-10-19)16-20-7-5-4-6-8-20)26(32)25-24(29-18(2)31)22(28)17-23(35-25)27(33)34;3-2(4,5)1(6)7/h4-12,17,22,24-25H,3,13-16,28H2,1-2H3,(H,29,31)(H,33,34);(H,6,7)/t22-,24+,25+;/m0./s1. The molecule has 0 saturated carbocycles. The Hall–Kier alpha value is -4.39. The zero-order valence-electron chi connectivity index (χ0n) is 23.2. The number of quaternary nitrogens is 1. The van der Waals surface area contributed by atoms with Crippen LogP contribution in [0.4, 0.5) is 13.2 Å². The predicted octanol–water partition coefficient (Wildman–Crippen LogP) is 0.840. The Morgan fingerprint density at radius 2 is 1.55 bits per heavy atom. The minimum Gasteiger partial charge on any atom is -0.542 e. The Labute approximate surface area is 240 Å². The third-order valence-corrected chi connectivity index (χ3v) is 6.21. The van der Waals surface area contributed by atoms with Gasteiger partial charge in [-0.1, -0.05) is 61.5 Å². The number of hydrogen-bond donors (Lipinski definition) is 3. The molecule has 228 valence electrons. The topological polar surface area (TPSA) is 164 Å². The fourth-order valence-electron chi connectivity index (χ4n) is 4.22. The number of nitrogens with one attached hydrogen (secondary N) is 1. The normalized spacial score (nSPS) is 18.0. The first-order valence-electron chi connectivity index (χ1n) is 13.1. The van der Waals surface area contributed by atoms with E-state index in [1.54, 1.807) is 4.90 Å². The van der Waals surface area contributed by atoms with Gasteiger partial charge in [0, 0.05) is 26.1 Å². The van der Waals surface area contributed by atoms with Crippen LogP contribution in [0.3, 0.4) is 0 Å². The molecular weight excluding hydrogens is 559 g/mol. The first-order chi connectivity index (χ1) is 19.7. The highest BCUT2D eigenvalue weighted by atomic mass is 19.4. The molecule has 0 radical (unpaired) electrons. The van der Waals surface area contributed by atoms with E-state index >= 15 is 0 Å². The van der Waals surface area contributed by atoms with Crippen LogP contribution < -0.4 is 16.2 Å². The number of carbonyl (C=O) groups is 4. The van der Waals surface area contributed by atoms with Crippen molar-refractivity contribution in [3.05, 3.63) is 83.1 Å². The highest BCUT2D eigenvalue weighted by molar-refractivity contribution is 5.88. The molecule has 0 aromatic heterocycles. The molecule has 3 atom stereocenters. The minimum atomic E-state index is -5.19. The van der Waals surface area contributed by atoms with Crippen molar-refractivity contribution in [1.29, 1.82) is 0 Å². The van der Waals surface area contributed by atoms with Gasteiger partial charge in [-0.15, -0.1) is 0 Å². The van der Waals surface area contributed by atoms with Crippen LogP contribution in [0.1, 0.15) is 37.0 Å². The molecule has 1 aliphatic heterocycles. The molecule has 13 heteroatoms. The first kappa shape index (κ1) is 33.8. The van der Waals surface area contributed by atoms with Gasteiger partial charge in [-0.3, -0.25) is 9.59 Å². The van der Waals surface area contributed by atoms with Gasteiger partial charge in [0.2, 0.25) is 17.8 Å². The summed E-state index contributed by atoms with van der Waals surface area (Å²) in [7, 11) is 0. The summed E-state index contributed by atoms with van der Waals surface area (Å²) in [5, 5.41) is 20.9. The van der Waals surface area contributed by atoms with Crippen molar-refractivity contribution < 1.29 is 53.0 Å². The lowest BCUT2D eigenvalue weighted by atomic mass is 9.97. The van der Waals surface area contributed by atoms with E-state index in [0.29, 0.717) is 19.5 Å². The van der Waals surface area contributed by atoms with Gasteiger partial charge in [-0.2, -0.15) is 13.2 Å². The molecule has 0 unspecified atom stereocenters. The monoisotopic (exact) mass is 593 g/mol. The van der Waals surface area contributed by atoms with Crippen molar-refractivity contribution in [2.75, 3.05) is 13.1 Å². The number of hydrogen-bond acceptors (Lipinski definition) is 6. The Balaban J connectivity index is 0.000000782. The van der Waals surface area contributed by atoms with Gasteiger partial charge in [0.25, 0.3) is 5.91 Å². The van der Waals surface area contributed by atoms with Gasteiger partial charge < -0.3 is 35.7 Å². The third kappa shape index (κ3) is 10.5. The summed E-state index contributed by atoms with van der Waals surface area (Å²) in [5.74, 6) is -5.29. The molecule has 1 aliphatic rings. The van der Waals surface area contributed by atoms with Gasteiger partial charge in [0.1, 0.15) is 18.1 Å². The van der Waals surface area contributed by atoms with Crippen molar-refractivity contribution in [2.24, 2.45) is 0 Å². The number of carbonyl (C=O) groups excluding carboxylic acids is 3. The van der Waals surface area contributed by atoms with Crippen LogP contribution in [0.2, 0.25) is 0 Å². The van der Waals surface area contributed by atoms with E-state index in [9.17, 15) is 32.7 Å². The molecule has 42 heavy (non-hydrogen) atoms. The van der Waals surface area contributed by atoms with E-state index in [1.165, 1.54) is 24.1 Å². The van der Waals surface area contributed by atoms with E-state index in [1.807, 2.05) is 25.1 Å². The van der Waals surface area contributed by atoms with Crippen LogP contribution in [-0.2, 0) is 36.8 Å². The van der Waals surface area contributed by atoms with E-state index < -0.39 is 36.3 Å². The Kier molecular flexibility index (Phi) is 12.5. The maximum absolute atomic E-state index is 13.5. The van der Waals surface area contributed by atoms with Crippen molar-refractivity contribution >= 4 is 23.8 Å². The Morgan fingerprint density at radius 1 is 1.00 bits per heavy atom. The van der Waals surface area contributed by atoms with Gasteiger partial charge in [-0.25, -0.2) is 4.79 Å². The number of ether oxygens (including phenoxy) is 1. The molecule has 2 amide bonds. The highest BCUT2D eigenvalue weighted by Gasteiger charge is 2.43. The SMILES string of the molecule is CCCN(CCc1ccc(Cc2ccccc2)cc1)C(=O)[C@@H]1OC(C(=O)O)=C[C@H]([NH3+])[C@H]1NC(C)=O.O=C([O-])C(F)(F)F. The van der Waals surface area contributed by atoms with Crippen LogP contribution in [-0.4, -0.2) is 71.2 Å². The molecule has 2 aromatic carbocycles. The second-order valence-electron chi connectivity index (χ2n) is 9.60. The molecular formula is C29H34F3N3O7. The van der Waals surface area contributed by atoms with Crippen molar-refractivity contribution in [2.45, 2.75) is 57.5 Å². The summed E-state index contributed by atoms with van der Waals surface area (Å²) in [6.45, 7) is 4.26. The number of carboxylic acids is 2. The van der Waals surface area contributed by atoms with Gasteiger partial charge >= 0.3 is 12.1 Å². The average Bonchev–Trinajstić information content (AvgIpc) is 2.92. The van der Waals surface area contributed by atoms with Crippen LogP contribution >= 0.6 is 0 Å². The van der Waals surface area contributed by atoms with Gasteiger partial charge in [0.15, 0.2) is 0 Å². The number of aliphatic carboxylic acids is 2. The molecule has 5 N–H and O–H groups in total. The Bertz CT molecular complexity index is 1250. The molecule has 0 spiro atoms. The van der Waals surface area contributed by atoms with Crippen LogP contribution in [0.25, 0.3) is 0 Å². The highest BCUT2D eigenvalue weighted by Crippen LogP contribution is 2.20. The lowest BCUT2D eigenvalue weighted by Crippen LogP contribution is -2.74. The maximum Gasteiger partial charge on any atom is 0.430 e. The second kappa shape index (κ2) is 15.6. The lowest BCUT2D eigenvalue weighted by molar-refractivity contribution is -0.414. The quantitative estimate of drug-likeness (QED) is 0.368. The number of amides is 2. The summed E-state index contributed by atoms with van der Waals surface area (Å²) in [6.07, 6.45) is -2.79. The van der Waals surface area contributed by atoms with Crippen molar-refractivity contribution in [3.63, 3.8) is 0 Å². The maximum atomic E-state index is 13.5. The van der Waals surface area contributed by atoms with E-state index in [2.05, 4.69) is 47.4 Å². The Morgan fingerprint density at radius 3 is 2.05 bits per heavy atom. The zero-order chi connectivity index (χ0) is 31.4. The van der Waals surface area contributed by atoms with Crippen molar-refractivity contribution in [3.8, 4) is 0 Å². The molecule has 0 fully saturated rings. The minimum absolute atomic E-state index is 0.324. The van der Waals surface area contributed by atoms with E-state index in [4.69, 9.17) is 14.6 Å². The zero-order valence-corrected chi connectivity index (χ0v) is 23.2. The summed E-state index contributed by atoms with van der Waals surface area (Å²) in [5.41, 5.74) is 7.49. The van der Waals surface area contributed by atoms with Crippen LogP contribution in [0, 0.1) is 0 Å². The summed E-state index contributed by atoms with van der Waals surface area (Å²) >= 11 is 0. The smallest absolute Gasteiger partial charge is 0.430 e. The third-order valence-electron chi connectivity index (χ3n) is 6.21. The number of halogens is 3. The van der Waals surface area contributed by atoms with Crippen LogP contribution in [0.15, 0.2) is 66.4 Å². The molecule has 0 bridgehead atoms. The fraction of sp³-hybridized carbons (Fsp3) is 0.379. The largest absolute Gasteiger partial charge is 0.542 e. The predicted molar refractivity (Wildman–Crippen MR) is 142 cm³/mol. The number of rotatable bonds is 10. The van der Waals surface area contributed by atoms with Gasteiger partial charge in [0.05, 0.1) is 0 Å². The molecule has 10 nitrogen and oxygen atoms in total. The summed E-state index contributed by atoms with van der Waals surface area (Å²) < 4.78 is 37.1. The number of nitrogens with zero attached hydrogens (tertiary/aromatic N) is 1. The number of alkyl halides is 3. The summed E-state index contributed by atoms with van der Waals surface area (Å²) in [4.78, 5) is 47.2. The summed E-state index contributed by atoms with van der Waals surface area (Å²) in [6, 6.07) is 17.2. The molecule has 1 heterocycles. The average molecular weight is 594 g/mol. The molecule has 0 aliphatic carbocycles. The van der Waals surface area contributed by atoms with E-state index in [0.717, 1.165) is 18.4 Å². The molecule has 0 saturated heterocycles. The fourth-order valence-corrected chi connectivity index (χ4v) is 4.22. The molecule has 3 rings (SSSR count). The lowest BCUT2D eigenvalue weighted by Gasteiger charge is -2.35. The number of carboxylic acid groups (broad SMARTS) is 2. The van der Waals surface area contributed by atoms with E-state index in [-0.39, 0.29) is 17.6 Å². The second-order valence-corrected chi connectivity index (χ2v) is 9.60.